The molecule has 0 aliphatic carbocycles. The molecule has 0 fully saturated rings. The van der Waals surface area contributed by atoms with Gasteiger partial charge in [-0.3, -0.25) is 19.5 Å². The topological polar surface area (TPSA) is 85.8 Å². The van der Waals surface area contributed by atoms with E-state index < -0.39 is 11.7 Å². The smallest absolute Gasteiger partial charge is 0.410 e. The van der Waals surface area contributed by atoms with E-state index in [0.717, 1.165) is 16.5 Å². The average molecular weight is 559 g/mol. The highest BCUT2D eigenvalue weighted by Crippen LogP contribution is 2.24. The lowest BCUT2D eigenvalue weighted by Gasteiger charge is -2.27. The van der Waals surface area contributed by atoms with Crippen LogP contribution in [0, 0.1) is 0 Å². The molecule has 0 radical (unpaired) electrons. The molecule has 0 saturated carbocycles. The van der Waals surface area contributed by atoms with E-state index in [1.807, 2.05) is 69.3 Å². The quantitative estimate of drug-likeness (QED) is 0.175. The standard InChI is InChI=1S/C32H31ClN2O5/c1-32(2,3)40-31(38)35(20-22-11-15-25(33)16-12-22)19-21-9-13-23(14-10-21)30(37)29-27-8-6-5-7-26(27)24(18-34-29)17-28(36)39-4/h5-16,18H,17,19-20H2,1-4H3. The summed E-state index contributed by atoms with van der Waals surface area (Å²) in [5.41, 5.74) is 2.56. The average Bonchev–Trinajstić information content (AvgIpc) is 2.93. The van der Waals surface area contributed by atoms with Crippen LogP contribution >= 0.6 is 11.6 Å². The van der Waals surface area contributed by atoms with Crippen LogP contribution in [-0.4, -0.2) is 40.4 Å². The van der Waals surface area contributed by atoms with Crippen molar-refractivity contribution in [3.8, 4) is 0 Å². The summed E-state index contributed by atoms with van der Waals surface area (Å²) < 4.78 is 10.4. The number of hydrogen-bond donors (Lipinski definition) is 0. The summed E-state index contributed by atoms with van der Waals surface area (Å²) >= 11 is 6.02. The van der Waals surface area contributed by atoms with Gasteiger partial charge in [0.1, 0.15) is 11.3 Å². The maximum absolute atomic E-state index is 13.5. The predicted octanol–water partition coefficient (Wildman–Crippen LogP) is 6.77. The van der Waals surface area contributed by atoms with Crippen molar-refractivity contribution in [1.29, 1.82) is 0 Å². The number of ketones is 1. The minimum absolute atomic E-state index is 0.0668. The van der Waals surface area contributed by atoms with Crippen LogP contribution in [0.4, 0.5) is 4.79 Å². The first-order valence-electron chi connectivity index (χ1n) is 12.8. The second-order valence-electron chi connectivity index (χ2n) is 10.4. The summed E-state index contributed by atoms with van der Waals surface area (Å²) in [6, 6.07) is 21.8. The molecule has 8 heteroatoms. The molecule has 0 N–H and O–H groups in total. The van der Waals surface area contributed by atoms with Gasteiger partial charge in [-0.1, -0.05) is 72.3 Å². The van der Waals surface area contributed by atoms with Gasteiger partial charge < -0.3 is 9.47 Å². The Morgan fingerprint density at radius 2 is 1.43 bits per heavy atom. The van der Waals surface area contributed by atoms with Crippen molar-refractivity contribution in [2.45, 2.75) is 45.9 Å². The highest BCUT2D eigenvalue weighted by Gasteiger charge is 2.23. The number of benzene rings is 3. The van der Waals surface area contributed by atoms with E-state index in [2.05, 4.69) is 4.98 Å². The molecular weight excluding hydrogens is 528 g/mol. The Balaban J connectivity index is 1.57. The summed E-state index contributed by atoms with van der Waals surface area (Å²) in [7, 11) is 1.34. The van der Waals surface area contributed by atoms with Crippen molar-refractivity contribution >= 4 is 40.2 Å². The Kier molecular flexibility index (Phi) is 8.85. The van der Waals surface area contributed by atoms with Crippen LogP contribution in [0.3, 0.4) is 0 Å². The zero-order valence-electron chi connectivity index (χ0n) is 22.9. The largest absolute Gasteiger partial charge is 0.469 e. The number of hydrogen-bond acceptors (Lipinski definition) is 6. The summed E-state index contributed by atoms with van der Waals surface area (Å²) in [6.07, 6.45) is 1.18. The number of ether oxygens (including phenoxy) is 2. The van der Waals surface area contributed by atoms with E-state index in [1.54, 1.807) is 35.4 Å². The molecule has 40 heavy (non-hydrogen) atoms. The van der Waals surface area contributed by atoms with Crippen molar-refractivity contribution in [1.82, 2.24) is 9.88 Å². The fourth-order valence-electron chi connectivity index (χ4n) is 4.24. The zero-order chi connectivity index (χ0) is 28.9. The third-order valence-corrected chi connectivity index (χ3v) is 6.44. The number of nitrogens with zero attached hydrogens (tertiary/aromatic N) is 2. The number of rotatable bonds is 8. The van der Waals surface area contributed by atoms with Crippen LogP contribution in [0.1, 0.15) is 53.5 Å². The molecule has 1 amide bonds. The van der Waals surface area contributed by atoms with Gasteiger partial charge >= 0.3 is 12.1 Å². The van der Waals surface area contributed by atoms with Gasteiger partial charge in [0.25, 0.3) is 0 Å². The number of amides is 1. The molecular formula is C32H31ClN2O5. The maximum atomic E-state index is 13.5. The number of carbonyl (C=O) groups excluding carboxylic acids is 3. The number of fused-ring (bicyclic) bond motifs is 1. The van der Waals surface area contributed by atoms with Gasteiger partial charge in [-0.15, -0.1) is 0 Å². The van der Waals surface area contributed by atoms with Gasteiger partial charge in [-0.05, 0) is 55.0 Å². The van der Waals surface area contributed by atoms with E-state index in [-0.39, 0.29) is 24.7 Å². The predicted molar refractivity (Wildman–Crippen MR) is 154 cm³/mol. The normalized spacial score (nSPS) is 11.2. The van der Waals surface area contributed by atoms with E-state index >= 15 is 0 Å². The molecule has 0 spiro atoms. The molecule has 0 saturated heterocycles. The molecule has 1 heterocycles. The minimum atomic E-state index is -0.645. The molecule has 0 aliphatic rings. The number of esters is 1. The molecule has 206 valence electrons. The fourth-order valence-corrected chi connectivity index (χ4v) is 4.37. The molecule has 1 aromatic heterocycles. The summed E-state index contributed by atoms with van der Waals surface area (Å²) in [4.78, 5) is 44.4. The van der Waals surface area contributed by atoms with E-state index in [0.29, 0.717) is 33.8 Å². The van der Waals surface area contributed by atoms with E-state index in [4.69, 9.17) is 21.1 Å². The van der Waals surface area contributed by atoms with Crippen LogP contribution in [-0.2, 0) is 33.8 Å². The van der Waals surface area contributed by atoms with Crippen LogP contribution in [0.25, 0.3) is 10.8 Å². The lowest BCUT2D eigenvalue weighted by molar-refractivity contribution is -0.139. The number of aromatic nitrogens is 1. The molecule has 4 rings (SSSR count). The lowest BCUT2D eigenvalue weighted by atomic mass is 9.98. The molecule has 0 unspecified atom stereocenters. The van der Waals surface area contributed by atoms with Crippen molar-refractivity contribution in [2.24, 2.45) is 0 Å². The van der Waals surface area contributed by atoms with Gasteiger partial charge in [0, 0.05) is 35.3 Å². The minimum Gasteiger partial charge on any atom is -0.469 e. The van der Waals surface area contributed by atoms with Crippen molar-refractivity contribution in [3.63, 3.8) is 0 Å². The first-order valence-corrected chi connectivity index (χ1v) is 13.2. The third-order valence-electron chi connectivity index (χ3n) is 6.18. The van der Waals surface area contributed by atoms with E-state index in [1.165, 1.54) is 7.11 Å². The lowest BCUT2D eigenvalue weighted by Crippen LogP contribution is -2.36. The van der Waals surface area contributed by atoms with Crippen molar-refractivity contribution in [3.05, 3.63) is 112 Å². The number of carbonyl (C=O) groups is 3. The van der Waals surface area contributed by atoms with Crippen molar-refractivity contribution in [2.75, 3.05) is 7.11 Å². The van der Waals surface area contributed by atoms with Crippen molar-refractivity contribution < 1.29 is 23.9 Å². The number of halogens is 1. The number of pyridine rings is 1. The molecule has 0 aliphatic heterocycles. The SMILES string of the molecule is COC(=O)Cc1cnc(C(=O)c2ccc(CN(Cc3ccc(Cl)cc3)C(=O)OC(C)(C)C)cc2)c2ccccc12. The first kappa shape index (κ1) is 28.8. The monoisotopic (exact) mass is 558 g/mol. The Hall–Kier alpha value is -4.23. The Labute approximate surface area is 238 Å². The highest BCUT2D eigenvalue weighted by molar-refractivity contribution is 6.30. The Morgan fingerprint density at radius 1 is 0.850 bits per heavy atom. The van der Waals surface area contributed by atoms with Gasteiger partial charge in [-0.2, -0.15) is 0 Å². The van der Waals surface area contributed by atoms with Gasteiger partial charge in [-0.25, -0.2) is 4.79 Å². The molecule has 4 aromatic rings. The van der Waals surface area contributed by atoms with Crippen LogP contribution in [0.5, 0.6) is 0 Å². The van der Waals surface area contributed by atoms with E-state index in [9.17, 15) is 14.4 Å². The molecule has 7 nitrogen and oxygen atoms in total. The van der Waals surface area contributed by atoms with Gasteiger partial charge in [0.15, 0.2) is 0 Å². The highest BCUT2D eigenvalue weighted by atomic mass is 35.5. The Morgan fingerprint density at radius 3 is 2.00 bits per heavy atom. The fraction of sp³-hybridized carbons (Fsp3) is 0.250. The van der Waals surface area contributed by atoms with Crippen LogP contribution in [0.2, 0.25) is 5.02 Å². The van der Waals surface area contributed by atoms with Gasteiger partial charge in [0.2, 0.25) is 5.78 Å². The molecule has 0 bridgehead atoms. The van der Waals surface area contributed by atoms with Gasteiger partial charge in [0.05, 0.1) is 13.5 Å². The second kappa shape index (κ2) is 12.3. The maximum Gasteiger partial charge on any atom is 0.410 e. The molecule has 0 atom stereocenters. The summed E-state index contributed by atoms with van der Waals surface area (Å²) in [5, 5.41) is 2.06. The zero-order valence-corrected chi connectivity index (χ0v) is 23.7. The van der Waals surface area contributed by atoms with Crippen LogP contribution in [0.15, 0.2) is 79.0 Å². The number of methoxy groups -OCH3 is 1. The first-order chi connectivity index (χ1) is 19.0. The second-order valence-corrected chi connectivity index (χ2v) is 10.9. The summed E-state index contributed by atoms with van der Waals surface area (Å²) in [5.74, 6) is -0.615. The Bertz CT molecular complexity index is 1530. The molecule has 3 aromatic carbocycles. The van der Waals surface area contributed by atoms with Crippen LogP contribution < -0.4 is 0 Å². The third kappa shape index (κ3) is 7.24. The summed E-state index contributed by atoms with van der Waals surface area (Å²) in [6.45, 7) is 6.10.